The van der Waals surface area contributed by atoms with Crippen LogP contribution in [-0.4, -0.2) is 54.6 Å². The van der Waals surface area contributed by atoms with E-state index < -0.39 is 0 Å². The molecule has 0 saturated carbocycles. The summed E-state index contributed by atoms with van der Waals surface area (Å²) >= 11 is 1.66. The highest BCUT2D eigenvalue weighted by atomic mass is 32.1. The summed E-state index contributed by atoms with van der Waals surface area (Å²) in [7, 11) is 0. The van der Waals surface area contributed by atoms with Crippen molar-refractivity contribution in [2.45, 2.75) is 12.8 Å². The van der Waals surface area contributed by atoms with E-state index in [1.807, 2.05) is 6.07 Å². The Morgan fingerprint density at radius 3 is 2.39 bits per heavy atom. The summed E-state index contributed by atoms with van der Waals surface area (Å²) in [4.78, 5) is 2.05. The minimum absolute atomic E-state index is 0.108. The number of unbranched alkanes of at least 4 members (excludes halogenated alkanes) is 1. The first-order valence-electron chi connectivity index (χ1n) is 9.55. The maximum Gasteiger partial charge on any atom is 0.123 e. The predicted octanol–water partition coefficient (Wildman–Crippen LogP) is 4.15. The van der Waals surface area contributed by atoms with Crippen molar-refractivity contribution < 1.29 is 19.3 Å². The second-order valence-corrected chi connectivity index (χ2v) is 7.57. The Morgan fingerprint density at radius 2 is 1.68 bits per heavy atom. The average Bonchev–Trinajstić information content (AvgIpc) is 3.12. The normalized spacial score (nSPS) is 11.4. The van der Waals surface area contributed by atoms with Crippen LogP contribution in [0.15, 0.2) is 47.8 Å². The molecule has 0 aliphatic heterocycles. The molecule has 0 aliphatic carbocycles. The van der Waals surface area contributed by atoms with Gasteiger partial charge in [-0.15, -0.1) is 11.3 Å². The Bertz CT molecular complexity index is 860. The number of thiophene rings is 1. The van der Waals surface area contributed by atoms with E-state index in [0.29, 0.717) is 19.7 Å². The van der Waals surface area contributed by atoms with Gasteiger partial charge >= 0.3 is 0 Å². The third kappa shape index (κ3) is 5.52. The van der Waals surface area contributed by atoms with Crippen LogP contribution in [-0.2, 0) is 0 Å². The third-order valence-corrected chi connectivity index (χ3v) is 5.62. The zero-order chi connectivity index (χ0) is 19.8. The van der Waals surface area contributed by atoms with Crippen LogP contribution in [0.5, 0.6) is 5.75 Å². The molecule has 0 spiro atoms. The number of hydrogen-bond donors (Lipinski definition) is 2. The summed E-state index contributed by atoms with van der Waals surface area (Å²) in [6.07, 6.45) is 1.87. The van der Waals surface area contributed by atoms with Crippen molar-refractivity contribution in [3.05, 3.63) is 53.7 Å². The number of aliphatic hydroxyl groups excluding tert-OH is 2. The summed E-state index contributed by atoms with van der Waals surface area (Å²) in [5, 5.41) is 21.3. The first-order valence-corrected chi connectivity index (χ1v) is 10.4. The number of fused-ring (bicyclic) bond motifs is 1. The van der Waals surface area contributed by atoms with Gasteiger partial charge in [-0.2, -0.15) is 0 Å². The number of halogens is 1. The monoisotopic (exact) mass is 403 g/mol. The molecule has 150 valence electrons. The fourth-order valence-electron chi connectivity index (χ4n) is 3.20. The minimum atomic E-state index is -0.227. The standard InChI is InChI=1S/C22H26FNO3S/c23-18-5-3-17(4-6-18)21-16-28-22-15-19(7-8-20(21)22)27-14-2-1-9-24(10-12-25)11-13-26/h3-8,15-16,25-26H,1-2,9-14H2. The molecule has 28 heavy (non-hydrogen) atoms. The van der Waals surface area contributed by atoms with Crippen LogP contribution in [0.4, 0.5) is 4.39 Å². The molecule has 0 saturated heterocycles. The molecule has 0 unspecified atom stereocenters. The first-order chi connectivity index (χ1) is 13.7. The van der Waals surface area contributed by atoms with Crippen LogP contribution >= 0.6 is 11.3 Å². The smallest absolute Gasteiger partial charge is 0.123 e. The maximum absolute atomic E-state index is 13.2. The number of benzene rings is 2. The summed E-state index contributed by atoms with van der Waals surface area (Å²) in [6, 6.07) is 12.7. The van der Waals surface area contributed by atoms with E-state index in [1.165, 1.54) is 12.1 Å². The Hall–Kier alpha value is -1.99. The van der Waals surface area contributed by atoms with Crippen molar-refractivity contribution in [1.82, 2.24) is 4.90 Å². The SMILES string of the molecule is OCCN(CCO)CCCCOc1ccc2c(-c3ccc(F)cc3)csc2c1. The highest BCUT2D eigenvalue weighted by Crippen LogP contribution is 2.36. The van der Waals surface area contributed by atoms with Crippen molar-refractivity contribution in [2.75, 3.05) is 39.5 Å². The van der Waals surface area contributed by atoms with Crippen molar-refractivity contribution >= 4 is 21.4 Å². The minimum Gasteiger partial charge on any atom is -0.494 e. The highest BCUT2D eigenvalue weighted by molar-refractivity contribution is 7.17. The predicted molar refractivity (Wildman–Crippen MR) is 113 cm³/mol. The molecule has 1 heterocycles. The van der Waals surface area contributed by atoms with Crippen molar-refractivity contribution in [3.63, 3.8) is 0 Å². The van der Waals surface area contributed by atoms with E-state index in [4.69, 9.17) is 14.9 Å². The molecule has 2 N–H and O–H groups in total. The number of aliphatic hydroxyl groups is 2. The van der Waals surface area contributed by atoms with E-state index >= 15 is 0 Å². The van der Waals surface area contributed by atoms with Crippen molar-refractivity contribution in [2.24, 2.45) is 0 Å². The van der Waals surface area contributed by atoms with E-state index in [9.17, 15) is 4.39 Å². The Balaban J connectivity index is 1.53. The lowest BCUT2D eigenvalue weighted by Gasteiger charge is -2.19. The highest BCUT2D eigenvalue weighted by Gasteiger charge is 2.08. The molecule has 3 rings (SSSR count). The molecule has 6 heteroatoms. The zero-order valence-electron chi connectivity index (χ0n) is 15.8. The number of hydrogen-bond acceptors (Lipinski definition) is 5. The van der Waals surface area contributed by atoms with Crippen molar-refractivity contribution in [1.29, 1.82) is 0 Å². The Kier molecular flexibility index (Phi) is 7.80. The van der Waals surface area contributed by atoms with Gasteiger partial charge in [0.1, 0.15) is 11.6 Å². The van der Waals surface area contributed by atoms with E-state index in [0.717, 1.165) is 46.3 Å². The molecule has 0 atom stereocenters. The first kappa shape index (κ1) is 20.7. The van der Waals surface area contributed by atoms with E-state index in [1.54, 1.807) is 23.5 Å². The molecule has 0 radical (unpaired) electrons. The largest absolute Gasteiger partial charge is 0.494 e. The second-order valence-electron chi connectivity index (χ2n) is 6.66. The summed E-state index contributed by atoms with van der Waals surface area (Å²) in [5.74, 6) is 0.623. The molecule has 1 aromatic heterocycles. The molecule has 0 bridgehead atoms. The van der Waals surface area contributed by atoms with Crippen LogP contribution in [0.2, 0.25) is 0 Å². The van der Waals surface area contributed by atoms with Gasteiger partial charge in [0.05, 0.1) is 19.8 Å². The fourth-order valence-corrected chi connectivity index (χ4v) is 4.19. The van der Waals surface area contributed by atoms with E-state index in [-0.39, 0.29) is 19.0 Å². The summed E-state index contributed by atoms with van der Waals surface area (Å²) < 4.78 is 20.2. The molecule has 0 amide bonds. The van der Waals surface area contributed by atoms with Crippen LogP contribution in [0.3, 0.4) is 0 Å². The Morgan fingerprint density at radius 1 is 0.929 bits per heavy atom. The Labute approximate surface area is 168 Å². The molecule has 4 nitrogen and oxygen atoms in total. The van der Waals surface area contributed by atoms with Gasteiger partial charge in [-0.25, -0.2) is 4.39 Å². The third-order valence-electron chi connectivity index (χ3n) is 4.67. The summed E-state index contributed by atoms with van der Waals surface area (Å²) in [5.41, 5.74) is 2.12. The van der Waals surface area contributed by atoms with Crippen molar-refractivity contribution in [3.8, 4) is 16.9 Å². The van der Waals surface area contributed by atoms with Gasteiger partial charge in [0.2, 0.25) is 0 Å². The molecule has 3 aromatic rings. The number of ether oxygens (including phenoxy) is 1. The van der Waals surface area contributed by atoms with Gasteiger partial charge < -0.3 is 14.9 Å². The van der Waals surface area contributed by atoms with Gasteiger partial charge in [-0.1, -0.05) is 12.1 Å². The molecular formula is C22H26FNO3S. The topological polar surface area (TPSA) is 52.9 Å². The maximum atomic E-state index is 13.2. The van der Waals surface area contributed by atoms with Crippen LogP contribution in [0.25, 0.3) is 21.2 Å². The van der Waals surface area contributed by atoms with Gasteiger partial charge in [-0.3, -0.25) is 4.90 Å². The fraction of sp³-hybridized carbons (Fsp3) is 0.364. The molecular weight excluding hydrogens is 377 g/mol. The lowest BCUT2D eigenvalue weighted by Crippen LogP contribution is -2.31. The average molecular weight is 404 g/mol. The van der Waals surface area contributed by atoms with Gasteiger partial charge in [0.15, 0.2) is 0 Å². The van der Waals surface area contributed by atoms with Crippen LogP contribution in [0, 0.1) is 5.82 Å². The van der Waals surface area contributed by atoms with Gasteiger partial charge in [0.25, 0.3) is 0 Å². The van der Waals surface area contributed by atoms with E-state index in [2.05, 4.69) is 22.4 Å². The lowest BCUT2D eigenvalue weighted by molar-refractivity contribution is 0.157. The zero-order valence-corrected chi connectivity index (χ0v) is 16.6. The molecule has 0 fully saturated rings. The number of rotatable bonds is 11. The number of nitrogens with zero attached hydrogens (tertiary/aromatic N) is 1. The van der Waals surface area contributed by atoms with Gasteiger partial charge in [-0.05, 0) is 60.7 Å². The van der Waals surface area contributed by atoms with Crippen LogP contribution in [0.1, 0.15) is 12.8 Å². The summed E-state index contributed by atoms with van der Waals surface area (Å²) in [6.45, 7) is 2.87. The second kappa shape index (κ2) is 10.5. The molecule has 2 aromatic carbocycles. The van der Waals surface area contributed by atoms with Crippen LogP contribution < -0.4 is 4.74 Å². The quantitative estimate of drug-likeness (QED) is 0.472. The molecule has 0 aliphatic rings. The lowest BCUT2D eigenvalue weighted by atomic mass is 10.0. The van der Waals surface area contributed by atoms with Gasteiger partial charge in [0, 0.05) is 28.7 Å².